The van der Waals surface area contributed by atoms with Crippen molar-refractivity contribution in [1.82, 2.24) is 0 Å². The van der Waals surface area contributed by atoms with E-state index < -0.39 is 0 Å². The molecule has 10 heavy (non-hydrogen) atoms. The first kappa shape index (κ1) is 8.20. The maximum absolute atomic E-state index is 10.3. The highest BCUT2D eigenvalue weighted by atomic mass is 127. The summed E-state index contributed by atoms with van der Waals surface area (Å²) >= 11 is 5.50. The van der Waals surface area contributed by atoms with Gasteiger partial charge in [-0.25, -0.2) is 0 Å². The normalized spacial score (nSPS) is 9.40. The standard InChI is InChI=1S/C7H4BrIO/c8-6-2-1-5(4-10)3-7(6)9/h1-4H. The summed E-state index contributed by atoms with van der Waals surface area (Å²) in [6, 6.07) is 5.47. The molecule has 0 aliphatic carbocycles. The van der Waals surface area contributed by atoms with Gasteiger partial charge in [-0.05, 0) is 50.7 Å². The second-order valence-corrected chi connectivity index (χ2v) is 3.81. The van der Waals surface area contributed by atoms with Crippen molar-refractivity contribution in [2.75, 3.05) is 0 Å². The minimum absolute atomic E-state index is 0.715. The third kappa shape index (κ3) is 1.79. The van der Waals surface area contributed by atoms with E-state index in [1.165, 1.54) is 0 Å². The number of halogens is 2. The molecule has 0 atom stereocenters. The molecule has 0 saturated heterocycles. The Hall–Kier alpha value is 0.1000. The van der Waals surface area contributed by atoms with Gasteiger partial charge in [-0.15, -0.1) is 0 Å². The molecule has 0 radical (unpaired) electrons. The Labute approximate surface area is 81.1 Å². The molecule has 0 fully saturated rings. The lowest BCUT2D eigenvalue weighted by atomic mass is 10.2. The highest BCUT2D eigenvalue weighted by molar-refractivity contribution is 14.1. The average Bonchev–Trinajstić information content (AvgIpc) is 1.95. The van der Waals surface area contributed by atoms with Gasteiger partial charge in [0.1, 0.15) is 6.29 Å². The van der Waals surface area contributed by atoms with E-state index in [-0.39, 0.29) is 0 Å². The summed E-state index contributed by atoms with van der Waals surface area (Å²) in [5.74, 6) is 0. The molecule has 1 nitrogen and oxygen atoms in total. The molecule has 0 aliphatic rings. The molecule has 0 heterocycles. The topological polar surface area (TPSA) is 17.1 Å². The average molecular weight is 311 g/mol. The van der Waals surface area contributed by atoms with Crippen LogP contribution in [0.5, 0.6) is 0 Å². The Bertz CT molecular complexity index is 260. The van der Waals surface area contributed by atoms with Crippen molar-refractivity contribution < 1.29 is 4.79 Å². The SMILES string of the molecule is O=Cc1ccc(Br)c(I)c1. The third-order valence-electron chi connectivity index (χ3n) is 1.08. The summed E-state index contributed by atoms with van der Waals surface area (Å²) in [6.45, 7) is 0. The van der Waals surface area contributed by atoms with E-state index >= 15 is 0 Å². The van der Waals surface area contributed by atoms with Gasteiger partial charge >= 0.3 is 0 Å². The first-order valence-corrected chi connectivity index (χ1v) is 4.51. The van der Waals surface area contributed by atoms with Crippen LogP contribution in [0.4, 0.5) is 0 Å². The van der Waals surface area contributed by atoms with Gasteiger partial charge in [-0.3, -0.25) is 4.79 Å². The molecule has 1 aromatic carbocycles. The molecule has 0 aliphatic heterocycles. The Morgan fingerprint density at radius 3 is 2.70 bits per heavy atom. The van der Waals surface area contributed by atoms with Crippen LogP contribution in [0, 0.1) is 3.57 Å². The Kier molecular flexibility index (Phi) is 2.85. The smallest absolute Gasteiger partial charge is 0.150 e. The third-order valence-corrected chi connectivity index (χ3v) is 3.40. The van der Waals surface area contributed by atoms with Crippen LogP contribution in [-0.4, -0.2) is 6.29 Å². The highest BCUT2D eigenvalue weighted by Gasteiger charge is 1.95. The molecule has 0 amide bonds. The van der Waals surface area contributed by atoms with Crippen molar-refractivity contribution in [2.24, 2.45) is 0 Å². The van der Waals surface area contributed by atoms with Gasteiger partial charge in [0.2, 0.25) is 0 Å². The van der Waals surface area contributed by atoms with E-state index in [9.17, 15) is 4.79 Å². The predicted octanol–water partition coefficient (Wildman–Crippen LogP) is 2.87. The summed E-state index contributed by atoms with van der Waals surface area (Å²) < 4.78 is 2.08. The van der Waals surface area contributed by atoms with Gasteiger partial charge in [0, 0.05) is 13.6 Å². The summed E-state index contributed by atoms with van der Waals surface area (Å²) in [5.41, 5.74) is 0.715. The van der Waals surface area contributed by atoms with Crippen LogP contribution in [0.2, 0.25) is 0 Å². The number of carbonyl (C=O) groups excluding carboxylic acids is 1. The molecule has 0 bridgehead atoms. The first-order chi connectivity index (χ1) is 4.74. The number of hydrogen-bond donors (Lipinski definition) is 0. The van der Waals surface area contributed by atoms with E-state index in [1.807, 2.05) is 12.1 Å². The van der Waals surface area contributed by atoms with E-state index in [0.717, 1.165) is 14.3 Å². The molecular formula is C7H4BrIO. The second kappa shape index (κ2) is 3.48. The summed E-state index contributed by atoms with van der Waals surface area (Å²) in [4.78, 5) is 10.3. The van der Waals surface area contributed by atoms with Crippen molar-refractivity contribution in [3.8, 4) is 0 Å². The van der Waals surface area contributed by atoms with Gasteiger partial charge in [0.25, 0.3) is 0 Å². The van der Waals surface area contributed by atoms with E-state index in [1.54, 1.807) is 6.07 Å². The summed E-state index contributed by atoms with van der Waals surface area (Å²) in [5, 5.41) is 0. The van der Waals surface area contributed by atoms with Gasteiger partial charge in [-0.1, -0.05) is 6.07 Å². The quantitative estimate of drug-likeness (QED) is 0.576. The van der Waals surface area contributed by atoms with Crippen LogP contribution in [0.15, 0.2) is 22.7 Å². The van der Waals surface area contributed by atoms with Gasteiger partial charge < -0.3 is 0 Å². The molecule has 0 spiro atoms. The van der Waals surface area contributed by atoms with Crippen LogP contribution in [-0.2, 0) is 0 Å². The largest absolute Gasteiger partial charge is 0.298 e. The van der Waals surface area contributed by atoms with E-state index in [4.69, 9.17) is 0 Å². The number of aldehydes is 1. The first-order valence-electron chi connectivity index (χ1n) is 2.64. The van der Waals surface area contributed by atoms with E-state index in [0.29, 0.717) is 5.56 Å². The number of hydrogen-bond acceptors (Lipinski definition) is 1. The zero-order valence-corrected chi connectivity index (χ0v) is 8.72. The van der Waals surface area contributed by atoms with Crippen LogP contribution >= 0.6 is 38.5 Å². The van der Waals surface area contributed by atoms with Crippen molar-refractivity contribution in [2.45, 2.75) is 0 Å². The lowest BCUT2D eigenvalue weighted by Gasteiger charge is -1.94. The molecule has 1 rings (SSSR count). The summed E-state index contributed by atoms with van der Waals surface area (Å²) in [6.07, 6.45) is 0.842. The Morgan fingerprint density at radius 1 is 1.50 bits per heavy atom. The number of rotatable bonds is 1. The fraction of sp³-hybridized carbons (Fsp3) is 0. The van der Waals surface area contributed by atoms with Gasteiger partial charge in [-0.2, -0.15) is 0 Å². The van der Waals surface area contributed by atoms with Crippen molar-refractivity contribution in [3.63, 3.8) is 0 Å². The molecule has 0 aromatic heterocycles. The van der Waals surface area contributed by atoms with Crippen LogP contribution in [0.3, 0.4) is 0 Å². The fourth-order valence-corrected chi connectivity index (χ4v) is 1.37. The predicted molar refractivity (Wildman–Crippen MR) is 52.2 cm³/mol. The maximum Gasteiger partial charge on any atom is 0.150 e. The van der Waals surface area contributed by atoms with Crippen LogP contribution in [0.25, 0.3) is 0 Å². The zero-order chi connectivity index (χ0) is 7.56. The second-order valence-electron chi connectivity index (χ2n) is 1.79. The molecule has 52 valence electrons. The van der Waals surface area contributed by atoms with Crippen molar-refractivity contribution >= 4 is 44.8 Å². The maximum atomic E-state index is 10.3. The van der Waals surface area contributed by atoms with Crippen molar-refractivity contribution in [1.29, 1.82) is 0 Å². The number of benzene rings is 1. The molecule has 0 saturated carbocycles. The Morgan fingerprint density at radius 2 is 2.20 bits per heavy atom. The molecular weight excluding hydrogens is 307 g/mol. The van der Waals surface area contributed by atoms with Crippen molar-refractivity contribution in [3.05, 3.63) is 31.8 Å². The molecule has 0 unspecified atom stereocenters. The van der Waals surface area contributed by atoms with Crippen LogP contribution in [0.1, 0.15) is 10.4 Å². The highest BCUT2D eigenvalue weighted by Crippen LogP contribution is 2.18. The lowest BCUT2D eigenvalue weighted by molar-refractivity contribution is 0.112. The molecule has 3 heteroatoms. The minimum atomic E-state index is 0.715. The van der Waals surface area contributed by atoms with E-state index in [2.05, 4.69) is 38.5 Å². The monoisotopic (exact) mass is 310 g/mol. The fourth-order valence-electron chi connectivity index (χ4n) is 0.586. The van der Waals surface area contributed by atoms with Gasteiger partial charge in [0.05, 0.1) is 0 Å². The molecule has 0 N–H and O–H groups in total. The zero-order valence-electron chi connectivity index (χ0n) is 4.97. The van der Waals surface area contributed by atoms with Crippen LogP contribution < -0.4 is 0 Å². The summed E-state index contributed by atoms with van der Waals surface area (Å²) in [7, 11) is 0. The lowest BCUT2D eigenvalue weighted by Crippen LogP contribution is -1.80. The minimum Gasteiger partial charge on any atom is -0.298 e. The Balaban J connectivity index is 3.16. The van der Waals surface area contributed by atoms with Gasteiger partial charge in [0.15, 0.2) is 0 Å². The number of carbonyl (C=O) groups is 1. The molecule has 1 aromatic rings.